The summed E-state index contributed by atoms with van der Waals surface area (Å²) in [4.78, 5) is 0. The minimum atomic E-state index is 0.573. The molecule has 1 heteroatoms. The summed E-state index contributed by atoms with van der Waals surface area (Å²) in [6.45, 7) is 2.49. The molecule has 3 saturated carbocycles. The molecule has 0 N–H and O–H groups in total. The number of rotatable bonds is 4. The first-order valence-electron chi connectivity index (χ1n) is 8.23. The van der Waals surface area contributed by atoms with Crippen LogP contribution in [0.15, 0.2) is 0 Å². The highest BCUT2D eigenvalue weighted by molar-refractivity contribution is 4.92. The predicted molar refractivity (Wildman–Crippen MR) is 75.5 cm³/mol. The second-order valence-corrected chi connectivity index (χ2v) is 7.64. The molecule has 0 aromatic carbocycles. The molecule has 0 saturated heterocycles. The number of hydrogen-bond acceptors (Lipinski definition) is 1. The summed E-state index contributed by atoms with van der Waals surface area (Å²) in [5.41, 5.74) is 0.752. The van der Waals surface area contributed by atoms with Crippen molar-refractivity contribution in [2.24, 2.45) is 23.2 Å². The summed E-state index contributed by atoms with van der Waals surface area (Å²) >= 11 is 0. The van der Waals surface area contributed by atoms with Gasteiger partial charge in [0.1, 0.15) is 0 Å². The first kappa shape index (κ1) is 13.0. The van der Waals surface area contributed by atoms with Crippen molar-refractivity contribution in [1.82, 2.24) is 0 Å². The van der Waals surface area contributed by atoms with Crippen molar-refractivity contribution in [1.29, 1.82) is 0 Å². The Labute approximate surface area is 113 Å². The van der Waals surface area contributed by atoms with Crippen LogP contribution in [0.3, 0.4) is 0 Å². The summed E-state index contributed by atoms with van der Waals surface area (Å²) in [5.74, 6) is 3.07. The van der Waals surface area contributed by atoms with E-state index in [1.54, 1.807) is 0 Å². The smallest absolute Gasteiger partial charge is 0.0574 e. The van der Waals surface area contributed by atoms with Crippen LogP contribution < -0.4 is 0 Å². The second-order valence-electron chi connectivity index (χ2n) is 7.64. The molecule has 18 heavy (non-hydrogen) atoms. The van der Waals surface area contributed by atoms with Crippen LogP contribution in [0, 0.1) is 23.2 Å². The quantitative estimate of drug-likeness (QED) is 0.696. The van der Waals surface area contributed by atoms with E-state index in [1.807, 2.05) is 7.11 Å². The van der Waals surface area contributed by atoms with Crippen molar-refractivity contribution < 1.29 is 4.74 Å². The summed E-state index contributed by atoms with van der Waals surface area (Å²) in [6.07, 6.45) is 15.2. The van der Waals surface area contributed by atoms with Crippen LogP contribution in [-0.2, 0) is 4.74 Å². The lowest BCUT2D eigenvalue weighted by atomic mass is 9.63. The van der Waals surface area contributed by atoms with E-state index in [4.69, 9.17) is 4.74 Å². The van der Waals surface area contributed by atoms with Gasteiger partial charge in [0.2, 0.25) is 0 Å². The minimum Gasteiger partial charge on any atom is -0.381 e. The molecule has 4 unspecified atom stereocenters. The largest absolute Gasteiger partial charge is 0.381 e. The monoisotopic (exact) mass is 250 g/mol. The van der Waals surface area contributed by atoms with E-state index >= 15 is 0 Å². The van der Waals surface area contributed by atoms with Gasteiger partial charge in [0.25, 0.3) is 0 Å². The van der Waals surface area contributed by atoms with Gasteiger partial charge in [-0.3, -0.25) is 0 Å². The molecule has 0 aliphatic heterocycles. The Morgan fingerprint density at radius 3 is 2.67 bits per heavy atom. The van der Waals surface area contributed by atoms with E-state index in [2.05, 4.69) is 6.92 Å². The molecule has 3 aliphatic rings. The maximum absolute atomic E-state index is 5.65. The molecule has 0 spiro atoms. The lowest BCUT2D eigenvalue weighted by Gasteiger charge is -2.44. The average molecular weight is 250 g/mol. The summed E-state index contributed by atoms with van der Waals surface area (Å²) in [7, 11) is 1.91. The normalized spacial score (nSPS) is 42.3. The second kappa shape index (κ2) is 5.15. The Morgan fingerprint density at radius 1 is 1.11 bits per heavy atom. The number of fused-ring (bicyclic) bond motifs is 1. The number of methoxy groups -OCH3 is 1. The SMILES string of the molecule is COC1CCC2CCCC(CCC3(C)CC3)C2C1. The fourth-order valence-corrected chi connectivity index (χ4v) is 4.59. The molecule has 3 fully saturated rings. The molecule has 0 heterocycles. The third-order valence-corrected chi connectivity index (χ3v) is 6.31. The Bertz CT molecular complexity index is 281. The topological polar surface area (TPSA) is 9.23 Å². The van der Waals surface area contributed by atoms with Gasteiger partial charge in [-0.2, -0.15) is 0 Å². The summed E-state index contributed by atoms with van der Waals surface area (Å²) in [6, 6.07) is 0. The average Bonchev–Trinajstić information content (AvgIpc) is 3.14. The number of ether oxygens (including phenoxy) is 1. The van der Waals surface area contributed by atoms with Gasteiger partial charge in [0.15, 0.2) is 0 Å². The van der Waals surface area contributed by atoms with Gasteiger partial charge in [-0.1, -0.05) is 26.2 Å². The van der Waals surface area contributed by atoms with Gasteiger partial charge in [-0.15, -0.1) is 0 Å². The molecular weight excluding hydrogens is 220 g/mol. The molecule has 0 bridgehead atoms. The van der Waals surface area contributed by atoms with Gasteiger partial charge >= 0.3 is 0 Å². The molecule has 0 aromatic rings. The van der Waals surface area contributed by atoms with Gasteiger partial charge in [0.05, 0.1) is 6.10 Å². The fourth-order valence-electron chi connectivity index (χ4n) is 4.59. The van der Waals surface area contributed by atoms with Gasteiger partial charge < -0.3 is 4.74 Å². The van der Waals surface area contributed by atoms with E-state index in [-0.39, 0.29) is 0 Å². The molecule has 104 valence electrons. The van der Waals surface area contributed by atoms with E-state index in [0.29, 0.717) is 6.10 Å². The van der Waals surface area contributed by atoms with Gasteiger partial charge in [-0.25, -0.2) is 0 Å². The fraction of sp³-hybridized carbons (Fsp3) is 1.00. The van der Waals surface area contributed by atoms with Crippen molar-refractivity contribution in [2.45, 2.75) is 77.2 Å². The molecule has 3 rings (SSSR count). The van der Waals surface area contributed by atoms with Crippen molar-refractivity contribution in [3.8, 4) is 0 Å². The maximum atomic E-state index is 5.65. The molecular formula is C17H30O. The Morgan fingerprint density at radius 2 is 1.94 bits per heavy atom. The molecule has 0 radical (unpaired) electrons. The van der Waals surface area contributed by atoms with Gasteiger partial charge in [0, 0.05) is 7.11 Å². The van der Waals surface area contributed by atoms with E-state index in [0.717, 1.165) is 23.2 Å². The van der Waals surface area contributed by atoms with Crippen molar-refractivity contribution in [3.63, 3.8) is 0 Å². The van der Waals surface area contributed by atoms with E-state index < -0.39 is 0 Å². The van der Waals surface area contributed by atoms with Crippen LogP contribution in [-0.4, -0.2) is 13.2 Å². The molecule has 4 atom stereocenters. The highest BCUT2D eigenvalue weighted by Gasteiger charge is 2.41. The molecule has 0 aromatic heterocycles. The Hall–Kier alpha value is -0.0400. The van der Waals surface area contributed by atoms with Crippen LogP contribution in [0.1, 0.15) is 71.1 Å². The lowest BCUT2D eigenvalue weighted by molar-refractivity contribution is -0.00946. The Balaban J connectivity index is 1.57. The third kappa shape index (κ3) is 2.76. The van der Waals surface area contributed by atoms with Crippen LogP contribution >= 0.6 is 0 Å². The van der Waals surface area contributed by atoms with Crippen LogP contribution in [0.2, 0.25) is 0 Å². The maximum Gasteiger partial charge on any atom is 0.0574 e. The third-order valence-electron chi connectivity index (χ3n) is 6.31. The van der Waals surface area contributed by atoms with Crippen LogP contribution in [0.4, 0.5) is 0 Å². The van der Waals surface area contributed by atoms with Crippen molar-refractivity contribution >= 4 is 0 Å². The number of hydrogen-bond donors (Lipinski definition) is 0. The molecule has 1 nitrogen and oxygen atoms in total. The zero-order valence-corrected chi connectivity index (χ0v) is 12.3. The predicted octanol–water partition coefficient (Wildman–Crippen LogP) is 4.80. The summed E-state index contributed by atoms with van der Waals surface area (Å²) < 4.78 is 5.65. The standard InChI is InChI=1S/C17H30O/c1-17(10-11-17)9-8-14-5-3-4-13-6-7-15(18-2)12-16(13)14/h13-16H,3-12H2,1-2H3. The van der Waals surface area contributed by atoms with Crippen molar-refractivity contribution in [3.05, 3.63) is 0 Å². The highest BCUT2D eigenvalue weighted by Crippen LogP contribution is 2.52. The van der Waals surface area contributed by atoms with Crippen LogP contribution in [0.5, 0.6) is 0 Å². The minimum absolute atomic E-state index is 0.573. The highest BCUT2D eigenvalue weighted by atomic mass is 16.5. The molecule has 3 aliphatic carbocycles. The summed E-state index contributed by atoms with van der Waals surface area (Å²) in [5, 5.41) is 0. The zero-order chi connectivity index (χ0) is 12.6. The Kier molecular flexibility index (Phi) is 3.71. The first-order valence-corrected chi connectivity index (χ1v) is 8.23. The lowest BCUT2D eigenvalue weighted by Crippen LogP contribution is -2.36. The molecule has 0 amide bonds. The van der Waals surface area contributed by atoms with E-state index in [9.17, 15) is 0 Å². The van der Waals surface area contributed by atoms with Gasteiger partial charge in [-0.05, 0) is 68.1 Å². The first-order chi connectivity index (χ1) is 8.70. The zero-order valence-electron chi connectivity index (χ0n) is 12.3. The van der Waals surface area contributed by atoms with Crippen molar-refractivity contribution in [2.75, 3.05) is 7.11 Å². The van der Waals surface area contributed by atoms with Crippen LogP contribution in [0.25, 0.3) is 0 Å². The van der Waals surface area contributed by atoms with E-state index in [1.165, 1.54) is 64.2 Å².